The van der Waals surface area contributed by atoms with E-state index in [9.17, 15) is 8.42 Å². The summed E-state index contributed by atoms with van der Waals surface area (Å²) in [6.07, 6.45) is 1.94. The third-order valence-corrected chi connectivity index (χ3v) is 6.46. The van der Waals surface area contributed by atoms with Gasteiger partial charge in [-0.3, -0.25) is 0 Å². The summed E-state index contributed by atoms with van der Waals surface area (Å²) in [5.41, 5.74) is 1.20. The first-order valence-corrected chi connectivity index (χ1v) is 9.27. The Labute approximate surface area is 128 Å². The summed E-state index contributed by atoms with van der Waals surface area (Å²) >= 11 is 0. The van der Waals surface area contributed by atoms with Gasteiger partial charge in [0.15, 0.2) is 0 Å². The first kappa shape index (κ1) is 16.5. The van der Waals surface area contributed by atoms with Gasteiger partial charge >= 0.3 is 0 Å². The molecule has 1 saturated heterocycles. The Morgan fingerprint density at radius 2 is 1.95 bits per heavy atom. The molecular weight excluding hydrogens is 284 g/mol. The van der Waals surface area contributed by atoms with Crippen LogP contribution in [0.1, 0.15) is 45.1 Å². The molecule has 5 heteroatoms. The highest BCUT2D eigenvalue weighted by molar-refractivity contribution is 7.89. The summed E-state index contributed by atoms with van der Waals surface area (Å²) in [5, 5.41) is 3.24. The second-order valence-electron chi connectivity index (χ2n) is 5.73. The van der Waals surface area contributed by atoms with Crippen molar-refractivity contribution in [2.75, 3.05) is 19.6 Å². The standard InChI is InChI=1S/C16H26N2O2S/c1-4-13(3)14-6-8-16(9-7-14)21(19,20)18(5-2)15-10-11-17-12-15/h6-9,13,15,17H,4-5,10-12H2,1-3H3. The highest BCUT2D eigenvalue weighted by atomic mass is 32.2. The van der Waals surface area contributed by atoms with E-state index in [1.807, 2.05) is 19.1 Å². The quantitative estimate of drug-likeness (QED) is 0.878. The lowest BCUT2D eigenvalue weighted by molar-refractivity contribution is 0.349. The van der Waals surface area contributed by atoms with Crippen LogP contribution in [-0.4, -0.2) is 38.4 Å². The van der Waals surface area contributed by atoms with Crippen molar-refractivity contribution in [3.8, 4) is 0 Å². The van der Waals surface area contributed by atoms with Crippen LogP contribution in [-0.2, 0) is 10.0 Å². The number of benzene rings is 1. The minimum atomic E-state index is -3.39. The second kappa shape index (κ2) is 6.90. The van der Waals surface area contributed by atoms with E-state index in [0.717, 1.165) is 25.9 Å². The van der Waals surface area contributed by atoms with Crippen molar-refractivity contribution in [3.05, 3.63) is 29.8 Å². The van der Waals surface area contributed by atoms with E-state index in [2.05, 4.69) is 19.2 Å². The highest BCUT2D eigenvalue weighted by Gasteiger charge is 2.31. The van der Waals surface area contributed by atoms with E-state index in [0.29, 0.717) is 17.4 Å². The minimum absolute atomic E-state index is 0.0780. The maximum Gasteiger partial charge on any atom is 0.243 e. The summed E-state index contributed by atoms with van der Waals surface area (Å²) < 4.78 is 27.2. The van der Waals surface area contributed by atoms with Crippen molar-refractivity contribution in [3.63, 3.8) is 0 Å². The Balaban J connectivity index is 2.25. The van der Waals surface area contributed by atoms with Crippen LogP contribution in [0.15, 0.2) is 29.2 Å². The van der Waals surface area contributed by atoms with E-state index < -0.39 is 10.0 Å². The predicted molar refractivity (Wildman–Crippen MR) is 86.0 cm³/mol. The van der Waals surface area contributed by atoms with E-state index in [4.69, 9.17) is 0 Å². The summed E-state index contributed by atoms with van der Waals surface area (Å²) in [5.74, 6) is 0.461. The molecule has 0 radical (unpaired) electrons. The summed E-state index contributed by atoms with van der Waals surface area (Å²) in [4.78, 5) is 0.406. The van der Waals surface area contributed by atoms with Crippen molar-refractivity contribution >= 4 is 10.0 Å². The molecular formula is C16H26N2O2S. The molecule has 1 N–H and O–H groups in total. The normalized spacial score (nSPS) is 20.9. The van der Waals surface area contributed by atoms with Crippen LogP contribution in [0.2, 0.25) is 0 Å². The van der Waals surface area contributed by atoms with Crippen molar-refractivity contribution in [1.29, 1.82) is 0 Å². The van der Waals surface area contributed by atoms with Crippen molar-refractivity contribution < 1.29 is 8.42 Å². The molecule has 0 saturated carbocycles. The van der Waals surface area contributed by atoms with E-state index in [1.54, 1.807) is 16.4 Å². The van der Waals surface area contributed by atoms with Crippen molar-refractivity contribution in [2.24, 2.45) is 0 Å². The molecule has 0 spiro atoms. The smallest absolute Gasteiger partial charge is 0.243 e. The molecule has 4 nitrogen and oxygen atoms in total. The average molecular weight is 310 g/mol. The van der Waals surface area contributed by atoms with Gasteiger partial charge in [0.05, 0.1) is 4.90 Å². The van der Waals surface area contributed by atoms with Gasteiger partial charge in [-0.25, -0.2) is 8.42 Å². The molecule has 2 rings (SSSR count). The van der Waals surface area contributed by atoms with Gasteiger partial charge in [0.25, 0.3) is 0 Å². The molecule has 0 aromatic heterocycles. The number of likely N-dealkylation sites (N-methyl/N-ethyl adjacent to an activating group) is 1. The maximum absolute atomic E-state index is 12.8. The van der Waals surface area contributed by atoms with Gasteiger partial charge in [0.1, 0.15) is 0 Å². The van der Waals surface area contributed by atoms with E-state index >= 15 is 0 Å². The van der Waals surface area contributed by atoms with Gasteiger partial charge in [-0.05, 0) is 43.0 Å². The number of hydrogen-bond acceptors (Lipinski definition) is 3. The molecule has 21 heavy (non-hydrogen) atoms. The van der Waals surface area contributed by atoms with Crippen LogP contribution in [0.4, 0.5) is 0 Å². The monoisotopic (exact) mass is 310 g/mol. The van der Waals surface area contributed by atoms with Gasteiger partial charge in [-0.2, -0.15) is 4.31 Å². The van der Waals surface area contributed by atoms with Crippen LogP contribution < -0.4 is 5.32 Å². The lowest BCUT2D eigenvalue weighted by Crippen LogP contribution is -2.41. The zero-order valence-electron chi connectivity index (χ0n) is 13.2. The van der Waals surface area contributed by atoms with Crippen LogP contribution in [0.5, 0.6) is 0 Å². The van der Waals surface area contributed by atoms with Crippen LogP contribution >= 0.6 is 0 Å². The third kappa shape index (κ3) is 3.47. The number of hydrogen-bond donors (Lipinski definition) is 1. The summed E-state index contributed by atoms with van der Waals surface area (Å²) in [6.45, 7) is 8.36. The van der Waals surface area contributed by atoms with Crippen molar-refractivity contribution in [2.45, 2.75) is 50.5 Å². The van der Waals surface area contributed by atoms with E-state index in [1.165, 1.54) is 5.56 Å². The SMILES string of the molecule is CCC(C)c1ccc(S(=O)(=O)N(CC)C2CCNC2)cc1. The number of nitrogens with zero attached hydrogens (tertiary/aromatic N) is 1. The highest BCUT2D eigenvalue weighted by Crippen LogP contribution is 2.24. The fourth-order valence-corrected chi connectivity index (χ4v) is 4.51. The van der Waals surface area contributed by atoms with Gasteiger partial charge in [0, 0.05) is 19.1 Å². The van der Waals surface area contributed by atoms with Gasteiger partial charge < -0.3 is 5.32 Å². The molecule has 1 aliphatic rings. The molecule has 1 fully saturated rings. The largest absolute Gasteiger partial charge is 0.315 e. The minimum Gasteiger partial charge on any atom is -0.315 e. The first-order chi connectivity index (χ1) is 10.0. The molecule has 2 unspecified atom stereocenters. The molecule has 0 bridgehead atoms. The van der Waals surface area contributed by atoms with E-state index in [-0.39, 0.29) is 6.04 Å². The molecule has 1 aromatic carbocycles. The number of rotatable bonds is 6. The van der Waals surface area contributed by atoms with Crippen LogP contribution in [0.25, 0.3) is 0 Å². The lowest BCUT2D eigenvalue weighted by atomic mass is 9.99. The predicted octanol–water partition coefficient (Wildman–Crippen LogP) is 2.57. The fourth-order valence-electron chi connectivity index (χ4n) is 2.85. The number of sulfonamides is 1. The number of nitrogens with one attached hydrogen (secondary N) is 1. The summed E-state index contributed by atoms with van der Waals surface area (Å²) in [6, 6.07) is 7.47. The maximum atomic E-state index is 12.8. The second-order valence-corrected chi connectivity index (χ2v) is 7.62. The Bertz CT molecular complexity index is 548. The summed E-state index contributed by atoms with van der Waals surface area (Å²) in [7, 11) is -3.39. The molecule has 0 amide bonds. The van der Waals surface area contributed by atoms with Gasteiger partial charge in [0.2, 0.25) is 10.0 Å². The third-order valence-electron chi connectivity index (χ3n) is 4.42. The topological polar surface area (TPSA) is 49.4 Å². The van der Waals surface area contributed by atoms with Gasteiger partial charge in [-0.15, -0.1) is 0 Å². The zero-order valence-corrected chi connectivity index (χ0v) is 14.0. The van der Waals surface area contributed by atoms with Gasteiger partial charge in [-0.1, -0.05) is 32.9 Å². The van der Waals surface area contributed by atoms with Crippen molar-refractivity contribution in [1.82, 2.24) is 9.62 Å². The molecule has 2 atom stereocenters. The molecule has 1 aliphatic heterocycles. The first-order valence-electron chi connectivity index (χ1n) is 7.83. The molecule has 1 heterocycles. The molecule has 0 aliphatic carbocycles. The average Bonchev–Trinajstić information content (AvgIpc) is 3.01. The fraction of sp³-hybridized carbons (Fsp3) is 0.625. The molecule has 1 aromatic rings. The molecule has 118 valence electrons. The Morgan fingerprint density at radius 1 is 1.29 bits per heavy atom. The van der Waals surface area contributed by atoms with Crippen LogP contribution in [0, 0.1) is 0 Å². The Morgan fingerprint density at radius 3 is 2.43 bits per heavy atom. The zero-order chi connectivity index (χ0) is 15.5. The Hall–Kier alpha value is -0.910. The van der Waals surface area contributed by atoms with Crippen LogP contribution in [0.3, 0.4) is 0 Å². The lowest BCUT2D eigenvalue weighted by Gasteiger charge is -2.26. The Kier molecular flexibility index (Phi) is 5.41.